The Bertz CT molecular complexity index is 795. The minimum atomic E-state index is -0.172. The van der Waals surface area contributed by atoms with Crippen molar-refractivity contribution in [1.29, 1.82) is 0 Å². The van der Waals surface area contributed by atoms with Crippen LogP contribution < -0.4 is 9.64 Å². The molecule has 0 unspecified atom stereocenters. The van der Waals surface area contributed by atoms with Crippen molar-refractivity contribution in [2.75, 3.05) is 12.0 Å². The third kappa shape index (κ3) is 3.40. The van der Waals surface area contributed by atoms with Gasteiger partial charge in [0.15, 0.2) is 8.99 Å². The van der Waals surface area contributed by atoms with Crippen LogP contribution in [0.25, 0.3) is 6.08 Å². The van der Waals surface area contributed by atoms with Crippen LogP contribution in [-0.4, -0.2) is 17.3 Å². The maximum Gasteiger partial charge on any atom is 0.270 e. The number of halogens is 2. The van der Waals surface area contributed by atoms with Crippen molar-refractivity contribution in [3.8, 4) is 5.75 Å². The summed E-state index contributed by atoms with van der Waals surface area (Å²) in [5.74, 6) is 1.12. The van der Waals surface area contributed by atoms with Gasteiger partial charge in [-0.2, -0.15) is 0 Å². The lowest BCUT2D eigenvalue weighted by atomic mass is 10.2. The summed E-state index contributed by atoms with van der Waals surface area (Å²) in [7, 11) is 1.59. The first-order valence-electron chi connectivity index (χ1n) is 6.36. The molecule has 1 aromatic carbocycles. The van der Waals surface area contributed by atoms with Crippen LogP contribution in [0.1, 0.15) is 5.76 Å². The van der Waals surface area contributed by atoms with Gasteiger partial charge in [0.05, 0.1) is 22.2 Å². The number of nitrogens with zero attached hydrogens (tertiary/aromatic N) is 1. The fraction of sp³-hybridized carbons (Fsp3) is 0.0667. The molecule has 2 heterocycles. The normalized spacial score (nSPS) is 16.5. The van der Waals surface area contributed by atoms with E-state index in [1.54, 1.807) is 43.5 Å². The van der Waals surface area contributed by atoms with Crippen molar-refractivity contribution in [1.82, 2.24) is 0 Å². The predicted octanol–water partition coefficient (Wildman–Crippen LogP) is 5.22. The van der Waals surface area contributed by atoms with Crippen molar-refractivity contribution in [3.05, 3.63) is 50.1 Å². The van der Waals surface area contributed by atoms with Gasteiger partial charge in [0.25, 0.3) is 5.91 Å². The number of anilines is 1. The second-order valence-electron chi connectivity index (χ2n) is 4.49. The number of benzene rings is 1. The Balaban J connectivity index is 1.89. The van der Waals surface area contributed by atoms with Crippen molar-refractivity contribution in [3.63, 3.8) is 0 Å². The van der Waals surface area contributed by atoms with Crippen LogP contribution in [0.5, 0.6) is 5.75 Å². The fourth-order valence-corrected chi connectivity index (χ4v) is 3.87. The Morgan fingerprint density at radius 3 is 2.57 bits per heavy atom. The monoisotopic (exact) mass is 473 g/mol. The minimum Gasteiger partial charge on any atom is -0.497 e. The van der Waals surface area contributed by atoms with Gasteiger partial charge in [-0.15, -0.1) is 0 Å². The molecule has 0 N–H and O–H groups in total. The SMILES string of the molecule is COc1ccc(N2C(=O)/C(=C/c3cc(Br)c(Br)o3)SC2=S)cc1. The quantitative estimate of drug-likeness (QED) is 0.450. The number of hydrogen-bond acceptors (Lipinski definition) is 5. The minimum absolute atomic E-state index is 0.172. The van der Waals surface area contributed by atoms with E-state index in [1.165, 1.54) is 16.7 Å². The third-order valence-electron chi connectivity index (χ3n) is 3.06. The van der Waals surface area contributed by atoms with E-state index in [4.69, 9.17) is 21.4 Å². The van der Waals surface area contributed by atoms with Crippen molar-refractivity contribution < 1.29 is 13.9 Å². The zero-order chi connectivity index (χ0) is 16.6. The van der Waals surface area contributed by atoms with Crippen LogP contribution in [0, 0.1) is 0 Å². The van der Waals surface area contributed by atoms with Crippen LogP contribution >= 0.6 is 55.8 Å². The number of thioether (sulfide) groups is 1. The zero-order valence-electron chi connectivity index (χ0n) is 11.7. The van der Waals surface area contributed by atoms with Gasteiger partial charge in [-0.1, -0.05) is 24.0 Å². The highest BCUT2D eigenvalue weighted by molar-refractivity contribution is 9.13. The number of carbonyl (C=O) groups is 1. The molecule has 0 atom stereocenters. The lowest BCUT2D eigenvalue weighted by Crippen LogP contribution is -2.27. The van der Waals surface area contributed by atoms with Gasteiger partial charge in [-0.3, -0.25) is 9.69 Å². The highest BCUT2D eigenvalue weighted by Crippen LogP contribution is 2.37. The molecule has 3 rings (SSSR count). The van der Waals surface area contributed by atoms with Crippen LogP contribution in [-0.2, 0) is 4.79 Å². The number of carbonyl (C=O) groups excluding carboxylic acids is 1. The number of methoxy groups -OCH3 is 1. The molecule has 1 saturated heterocycles. The van der Waals surface area contributed by atoms with E-state index in [0.29, 0.717) is 25.3 Å². The Morgan fingerprint density at radius 2 is 2.00 bits per heavy atom. The van der Waals surface area contributed by atoms with Crippen molar-refractivity contribution in [2.24, 2.45) is 0 Å². The Kier molecular flexibility index (Phi) is 4.96. The van der Waals surface area contributed by atoms with Gasteiger partial charge in [0.1, 0.15) is 11.5 Å². The van der Waals surface area contributed by atoms with Gasteiger partial charge >= 0.3 is 0 Å². The second kappa shape index (κ2) is 6.80. The highest BCUT2D eigenvalue weighted by Gasteiger charge is 2.33. The molecule has 0 spiro atoms. The van der Waals surface area contributed by atoms with Crippen molar-refractivity contribution >= 4 is 77.8 Å². The number of hydrogen-bond donors (Lipinski definition) is 0. The van der Waals surface area contributed by atoms with Gasteiger partial charge < -0.3 is 9.15 Å². The van der Waals surface area contributed by atoms with Gasteiger partial charge in [0, 0.05) is 6.08 Å². The molecule has 0 bridgehead atoms. The highest BCUT2D eigenvalue weighted by atomic mass is 79.9. The molecule has 8 heteroatoms. The van der Waals surface area contributed by atoms with E-state index in [1.807, 2.05) is 0 Å². The summed E-state index contributed by atoms with van der Waals surface area (Å²) in [5.41, 5.74) is 0.707. The Hall–Kier alpha value is -1.09. The maximum absolute atomic E-state index is 12.6. The molecule has 0 aliphatic carbocycles. The molecule has 0 saturated carbocycles. The van der Waals surface area contributed by atoms with E-state index in [9.17, 15) is 4.79 Å². The molecule has 0 radical (unpaired) electrons. The van der Waals surface area contributed by atoms with Crippen LogP contribution in [0.2, 0.25) is 0 Å². The smallest absolute Gasteiger partial charge is 0.270 e. The molecule has 1 amide bonds. The molecule has 1 fully saturated rings. The summed E-state index contributed by atoms with van der Waals surface area (Å²) < 4.78 is 12.5. The maximum atomic E-state index is 12.6. The van der Waals surface area contributed by atoms with Crippen LogP contribution in [0.4, 0.5) is 5.69 Å². The summed E-state index contributed by atoms with van der Waals surface area (Å²) in [5, 5.41) is 0. The van der Waals surface area contributed by atoms with E-state index in [0.717, 1.165) is 10.2 Å². The standard InChI is InChI=1S/C15H9Br2NO3S2/c1-20-9-4-2-8(3-5-9)18-14(19)12(23-15(18)22)7-10-6-11(16)13(17)21-10/h2-7H,1H3/b12-7-. The molecule has 4 nitrogen and oxygen atoms in total. The van der Waals surface area contributed by atoms with Gasteiger partial charge in [-0.05, 0) is 62.2 Å². The third-order valence-corrected chi connectivity index (χ3v) is 6.07. The van der Waals surface area contributed by atoms with Gasteiger partial charge in [-0.25, -0.2) is 0 Å². The first-order chi connectivity index (χ1) is 11.0. The van der Waals surface area contributed by atoms with E-state index in [2.05, 4.69) is 31.9 Å². The number of furan rings is 1. The fourth-order valence-electron chi connectivity index (χ4n) is 1.99. The first-order valence-corrected chi connectivity index (χ1v) is 9.17. The number of rotatable bonds is 3. The lowest BCUT2D eigenvalue weighted by Gasteiger charge is -2.14. The summed E-state index contributed by atoms with van der Waals surface area (Å²) in [6, 6.07) is 8.96. The summed E-state index contributed by atoms with van der Waals surface area (Å²) >= 11 is 13.2. The first kappa shape index (κ1) is 16.8. The summed E-state index contributed by atoms with van der Waals surface area (Å²) in [6.07, 6.45) is 1.68. The Labute approximate surface area is 159 Å². The number of ether oxygens (including phenoxy) is 1. The topological polar surface area (TPSA) is 42.7 Å². The van der Waals surface area contributed by atoms with E-state index < -0.39 is 0 Å². The molecule has 1 aliphatic heterocycles. The van der Waals surface area contributed by atoms with Gasteiger partial charge in [0.2, 0.25) is 0 Å². The predicted molar refractivity (Wildman–Crippen MR) is 103 cm³/mol. The molecule has 118 valence electrons. The van der Waals surface area contributed by atoms with Crippen LogP contribution in [0.15, 0.2) is 48.8 Å². The zero-order valence-corrected chi connectivity index (χ0v) is 16.5. The largest absolute Gasteiger partial charge is 0.497 e. The van der Waals surface area contributed by atoms with Crippen molar-refractivity contribution in [2.45, 2.75) is 0 Å². The molecule has 1 aromatic heterocycles. The number of amides is 1. The summed E-state index contributed by atoms with van der Waals surface area (Å²) in [6.45, 7) is 0. The summed E-state index contributed by atoms with van der Waals surface area (Å²) in [4.78, 5) is 14.6. The van der Waals surface area contributed by atoms with E-state index >= 15 is 0 Å². The molecular formula is C15H9Br2NO3S2. The average Bonchev–Trinajstić information content (AvgIpc) is 2.99. The Morgan fingerprint density at radius 1 is 1.30 bits per heavy atom. The molecule has 2 aromatic rings. The number of thiocarbonyl (C=S) groups is 1. The molecular weight excluding hydrogens is 466 g/mol. The second-order valence-corrected chi connectivity index (χ2v) is 7.74. The molecule has 23 heavy (non-hydrogen) atoms. The molecule has 1 aliphatic rings. The van der Waals surface area contributed by atoms with E-state index in [-0.39, 0.29) is 5.91 Å². The van der Waals surface area contributed by atoms with Crippen LogP contribution in [0.3, 0.4) is 0 Å². The average molecular weight is 475 g/mol. The lowest BCUT2D eigenvalue weighted by molar-refractivity contribution is -0.113.